The quantitative estimate of drug-likeness (QED) is 0.130. The second-order valence-corrected chi connectivity index (χ2v) is 33.5. The van der Waals surface area contributed by atoms with E-state index < -0.39 is 0 Å². The molecule has 0 saturated heterocycles. The largest absolute Gasteiger partial charge is 0.456 e. The molecule has 0 saturated carbocycles. The molecule has 21 aromatic carbocycles. The molecule has 6 aromatic heterocycles. The van der Waals surface area contributed by atoms with Crippen molar-refractivity contribution in [1.82, 2.24) is 29.9 Å². The van der Waals surface area contributed by atoms with Gasteiger partial charge in [-0.3, -0.25) is 19.9 Å². The van der Waals surface area contributed by atoms with E-state index in [4.69, 9.17) is 38.2 Å². The average Bonchev–Trinajstić information content (AvgIpc) is 1.05. The summed E-state index contributed by atoms with van der Waals surface area (Å²) < 4.78 is 18.2. The number of benzene rings is 21. The maximum atomic E-state index is 6.09. The first-order chi connectivity index (χ1) is 64.3. The molecule has 0 unspecified atom stereocenters. The van der Waals surface area contributed by atoms with E-state index in [9.17, 15) is 0 Å². The fourth-order valence-corrected chi connectivity index (χ4v) is 19.5. The van der Waals surface area contributed by atoms with Gasteiger partial charge in [-0.2, -0.15) is 0 Å². The van der Waals surface area contributed by atoms with E-state index in [1.807, 2.05) is 48.5 Å². The fourth-order valence-electron chi connectivity index (χ4n) is 19.5. The van der Waals surface area contributed by atoms with Crippen molar-refractivity contribution in [2.45, 2.75) is 6.92 Å². The van der Waals surface area contributed by atoms with Crippen LogP contribution < -0.4 is 0 Å². The van der Waals surface area contributed by atoms with E-state index in [0.717, 1.165) is 176 Å². The van der Waals surface area contributed by atoms with Crippen LogP contribution in [0, 0.1) is 6.92 Å². The van der Waals surface area contributed by atoms with E-state index in [-0.39, 0.29) is 0 Å². The lowest BCUT2D eigenvalue weighted by molar-refractivity contribution is 0.668. The van der Waals surface area contributed by atoms with Gasteiger partial charge in [-0.25, -0.2) is 9.97 Å². The highest BCUT2D eigenvalue weighted by Crippen LogP contribution is 2.46. The number of hydrogen-bond donors (Lipinski definition) is 0. The fraction of sp³-hybridized carbons (Fsp3) is 0.00826. The van der Waals surface area contributed by atoms with Crippen LogP contribution in [0.1, 0.15) is 5.56 Å². The first kappa shape index (κ1) is 75.2. The Kier molecular flexibility index (Phi) is 18.0. The van der Waals surface area contributed by atoms with Crippen molar-refractivity contribution in [3.05, 3.63) is 437 Å². The number of aryl methyl sites for hydroxylation is 1. The van der Waals surface area contributed by atoms with Crippen LogP contribution in [0.25, 0.3) is 264 Å². The van der Waals surface area contributed by atoms with Gasteiger partial charge in [0, 0.05) is 101 Å². The third kappa shape index (κ3) is 13.1. The minimum absolute atomic E-state index is 0.884. The van der Waals surface area contributed by atoms with Crippen LogP contribution in [0.3, 0.4) is 0 Å². The van der Waals surface area contributed by atoms with Crippen molar-refractivity contribution in [2.24, 2.45) is 0 Å². The molecule has 0 N–H and O–H groups in total. The Balaban J connectivity index is 0.000000106. The van der Waals surface area contributed by atoms with Gasteiger partial charge in [0.15, 0.2) is 0 Å². The predicted molar refractivity (Wildman–Crippen MR) is 539 cm³/mol. The van der Waals surface area contributed by atoms with E-state index >= 15 is 0 Å². The Hall–Kier alpha value is -17.4. The molecule has 0 aliphatic rings. The first-order valence-electron chi connectivity index (χ1n) is 43.9. The summed E-state index contributed by atoms with van der Waals surface area (Å²) in [5.41, 5.74) is 32.6. The van der Waals surface area contributed by atoms with Gasteiger partial charge in [0.05, 0.1) is 44.5 Å². The zero-order valence-corrected chi connectivity index (χ0v) is 70.4. The number of hydrogen-bond acceptors (Lipinski definition) is 9. The van der Waals surface area contributed by atoms with Gasteiger partial charge in [-0.15, -0.1) is 0 Å². The van der Waals surface area contributed by atoms with Gasteiger partial charge >= 0.3 is 0 Å². The molecule has 6 heterocycles. The standard InChI is InChI=1S/C46H28N2O.C40H24N2O.C35H22N2O/c1-3-12-29(13-4-1)43-44(30-14-5-2-6-15-30)48-46-38-24-22-33(27-39(38)35-18-7-8-20-37(35)45(46)47-43)31-16-11-17-32(26-31)34-23-25-42-40(28-34)36-19-9-10-21-41(36)49-42;1-2-7-25(8-3-1)28-13-16-32-34(22-28)35-23-29(14-17-33(35)40-39(32)41-19-20-42-40)26-9-6-10-27(21-26)30-15-18-38-36(24-30)31-11-4-5-12-37(31)43-38;1-21-9-12-27-29(17-21)30-19-24(10-13-28(30)35-34(27)36-15-16-37-35)22-5-4-6-23(18-22)25-11-14-33-31(20-25)26-7-2-3-8-32(26)38-33/h1-28H;1-24H;2-20H,1H3. The van der Waals surface area contributed by atoms with Gasteiger partial charge in [0.1, 0.15) is 33.5 Å². The third-order valence-corrected chi connectivity index (χ3v) is 25.8. The van der Waals surface area contributed by atoms with Crippen molar-refractivity contribution in [3.8, 4) is 100 Å². The molecular formula is C121H74N6O3. The highest BCUT2D eigenvalue weighted by atomic mass is 16.3. The molecule has 0 amide bonds. The molecule has 130 heavy (non-hydrogen) atoms. The highest BCUT2D eigenvalue weighted by Gasteiger charge is 2.22. The number of nitrogens with zero attached hydrogens (tertiary/aromatic N) is 6. The number of aromatic nitrogens is 6. The smallest absolute Gasteiger partial charge is 0.135 e. The molecule has 0 fully saturated rings. The highest BCUT2D eigenvalue weighted by molar-refractivity contribution is 6.27. The second kappa shape index (κ2) is 31.1. The lowest BCUT2D eigenvalue weighted by atomic mass is 9.92. The molecular weight excluding hydrogens is 1590 g/mol. The van der Waals surface area contributed by atoms with E-state index in [0.29, 0.717) is 0 Å². The monoisotopic (exact) mass is 1660 g/mol. The minimum Gasteiger partial charge on any atom is -0.456 e. The lowest BCUT2D eigenvalue weighted by Gasteiger charge is -2.15. The summed E-state index contributed by atoms with van der Waals surface area (Å²) in [6.45, 7) is 2.14. The van der Waals surface area contributed by atoms with Crippen molar-refractivity contribution in [2.75, 3.05) is 0 Å². The first-order valence-corrected chi connectivity index (χ1v) is 43.9. The summed E-state index contributed by atoms with van der Waals surface area (Å²) in [6, 6.07) is 144. The van der Waals surface area contributed by atoms with E-state index in [1.165, 1.54) is 93.7 Å². The van der Waals surface area contributed by atoms with Crippen LogP contribution in [0.2, 0.25) is 0 Å². The second-order valence-electron chi connectivity index (χ2n) is 33.5. The van der Waals surface area contributed by atoms with Crippen LogP contribution in [-0.4, -0.2) is 29.9 Å². The van der Waals surface area contributed by atoms with Crippen LogP contribution >= 0.6 is 0 Å². The molecule has 9 nitrogen and oxygen atoms in total. The summed E-state index contributed by atoms with van der Waals surface area (Å²) in [5.74, 6) is 0. The third-order valence-electron chi connectivity index (χ3n) is 25.8. The number of fused-ring (bicyclic) bond motifs is 27. The van der Waals surface area contributed by atoms with Gasteiger partial charge in [0.25, 0.3) is 0 Å². The van der Waals surface area contributed by atoms with Crippen LogP contribution in [0.5, 0.6) is 0 Å². The van der Waals surface area contributed by atoms with Crippen molar-refractivity contribution in [3.63, 3.8) is 0 Å². The lowest BCUT2D eigenvalue weighted by Crippen LogP contribution is -1.97. The Labute approximate surface area is 745 Å². The SMILES string of the molecule is Cc1ccc2c(c1)c1cc(-c3cccc(-c4ccc5oc6ccccc6c5c4)c3)ccc1c1nccnc21.c1ccc(-c2ccc3c(c2)c2cc(-c4cccc(-c5ccc6oc7ccccc7c6c5)c4)ccc2c2nccnc32)cc1.c1ccc(-c2nc3c4ccccc4c4cc(-c5cccc(-c6ccc7oc8ccccc8c7c6)c5)ccc4c3nc2-c2ccccc2)cc1. The molecule has 0 bridgehead atoms. The van der Waals surface area contributed by atoms with Crippen molar-refractivity contribution >= 4 is 164 Å². The molecule has 0 atom stereocenters. The maximum absolute atomic E-state index is 6.09. The number of furan rings is 3. The van der Waals surface area contributed by atoms with Crippen LogP contribution in [0.15, 0.2) is 444 Å². The van der Waals surface area contributed by atoms with E-state index in [1.54, 1.807) is 24.8 Å². The summed E-state index contributed by atoms with van der Waals surface area (Å²) in [7, 11) is 0. The van der Waals surface area contributed by atoms with Crippen LogP contribution in [0.4, 0.5) is 0 Å². The molecule has 0 aliphatic heterocycles. The molecule has 606 valence electrons. The van der Waals surface area contributed by atoms with Gasteiger partial charge in [0.2, 0.25) is 0 Å². The molecule has 0 radical (unpaired) electrons. The normalized spacial score (nSPS) is 11.7. The zero-order valence-electron chi connectivity index (χ0n) is 70.4. The average molecular weight is 1660 g/mol. The molecule has 9 heteroatoms. The maximum Gasteiger partial charge on any atom is 0.135 e. The molecule has 27 aromatic rings. The predicted octanol–water partition coefficient (Wildman–Crippen LogP) is 32.8. The molecule has 27 rings (SSSR count). The Bertz CT molecular complexity index is 9280. The summed E-state index contributed by atoms with van der Waals surface area (Å²) in [5, 5.41) is 20.6. The Morgan fingerprint density at radius 3 is 0.731 bits per heavy atom. The van der Waals surface area contributed by atoms with Crippen molar-refractivity contribution in [1.29, 1.82) is 0 Å². The summed E-state index contributed by atoms with van der Waals surface area (Å²) in [4.78, 5) is 29.7. The Morgan fingerprint density at radius 2 is 0.377 bits per heavy atom. The topological polar surface area (TPSA) is 117 Å². The Morgan fingerprint density at radius 1 is 0.146 bits per heavy atom. The van der Waals surface area contributed by atoms with Crippen LogP contribution in [-0.2, 0) is 0 Å². The molecule has 0 aliphatic carbocycles. The summed E-state index contributed by atoms with van der Waals surface area (Å²) >= 11 is 0. The minimum atomic E-state index is 0.884. The van der Waals surface area contributed by atoms with Gasteiger partial charge in [-0.05, 0) is 214 Å². The van der Waals surface area contributed by atoms with Crippen molar-refractivity contribution < 1.29 is 13.3 Å². The zero-order chi connectivity index (χ0) is 85.9. The van der Waals surface area contributed by atoms with E-state index in [2.05, 4.69) is 370 Å². The number of rotatable bonds is 9. The number of para-hydroxylation sites is 3. The summed E-state index contributed by atoms with van der Waals surface area (Å²) in [6.07, 6.45) is 7.11. The van der Waals surface area contributed by atoms with Gasteiger partial charge < -0.3 is 13.3 Å². The van der Waals surface area contributed by atoms with Gasteiger partial charge in [-0.1, -0.05) is 315 Å². The molecule has 0 spiro atoms.